The predicted octanol–water partition coefficient (Wildman–Crippen LogP) is 2.38. The quantitative estimate of drug-likeness (QED) is 0.447. The minimum absolute atomic E-state index is 0.736. The smallest absolute Gasteiger partial charge is 0.0198 e. The van der Waals surface area contributed by atoms with Crippen molar-refractivity contribution in [3.05, 3.63) is 24.3 Å². The number of hydrogen-bond donors (Lipinski definition) is 0. The Hall–Kier alpha value is -0.520. The van der Waals surface area contributed by atoms with E-state index < -0.39 is 0 Å². The van der Waals surface area contributed by atoms with Crippen molar-refractivity contribution in [2.75, 3.05) is 0 Å². The van der Waals surface area contributed by atoms with Gasteiger partial charge in [-0.05, 0) is 11.8 Å². The molecule has 0 nitrogen and oxygen atoms in total. The molecule has 0 aromatic heterocycles. The van der Waals surface area contributed by atoms with E-state index in [-0.39, 0.29) is 0 Å². The summed E-state index contributed by atoms with van der Waals surface area (Å²) in [6.07, 6.45) is 8.71. The first-order chi connectivity index (χ1) is 3.80. The minimum Gasteiger partial charge on any atom is -0.0811 e. The maximum Gasteiger partial charge on any atom is -0.0198 e. The average molecular weight is 108 g/mol. The molecule has 2 atom stereocenters. The van der Waals surface area contributed by atoms with Crippen LogP contribution in [0.5, 0.6) is 0 Å². The molecule has 8 heavy (non-hydrogen) atoms. The Morgan fingerprint density at radius 2 is 1.25 bits per heavy atom. The molecule has 0 aromatic carbocycles. The first-order valence-corrected chi connectivity index (χ1v) is 3.15. The van der Waals surface area contributed by atoms with Crippen LogP contribution >= 0.6 is 0 Å². The molecule has 0 saturated carbocycles. The van der Waals surface area contributed by atoms with Gasteiger partial charge < -0.3 is 0 Å². The van der Waals surface area contributed by atoms with E-state index in [9.17, 15) is 0 Å². The van der Waals surface area contributed by atoms with E-state index in [1.165, 1.54) is 0 Å². The highest BCUT2D eigenvalue weighted by Crippen LogP contribution is 2.16. The van der Waals surface area contributed by atoms with Gasteiger partial charge in [0.1, 0.15) is 0 Å². The van der Waals surface area contributed by atoms with E-state index in [4.69, 9.17) is 0 Å². The highest BCUT2D eigenvalue weighted by molar-refractivity contribution is 5.12. The third-order valence-corrected chi connectivity index (χ3v) is 1.77. The van der Waals surface area contributed by atoms with Crippen LogP contribution in [0.2, 0.25) is 0 Å². The van der Waals surface area contributed by atoms with Crippen LogP contribution in [0.3, 0.4) is 0 Å². The van der Waals surface area contributed by atoms with Gasteiger partial charge in [0, 0.05) is 0 Å². The van der Waals surface area contributed by atoms with E-state index in [1.54, 1.807) is 0 Å². The molecule has 0 amide bonds. The Labute approximate surface area is 50.9 Å². The van der Waals surface area contributed by atoms with Gasteiger partial charge in [0.2, 0.25) is 0 Å². The van der Waals surface area contributed by atoms with Crippen molar-refractivity contribution < 1.29 is 0 Å². The van der Waals surface area contributed by atoms with Crippen LogP contribution in [0.1, 0.15) is 13.8 Å². The van der Waals surface area contributed by atoms with Gasteiger partial charge in [-0.3, -0.25) is 0 Å². The van der Waals surface area contributed by atoms with Gasteiger partial charge >= 0.3 is 0 Å². The molecule has 0 aromatic rings. The van der Waals surface area contributed by atoms with Crippen molar-refractivity contribution in [3.63, 3.8) is 0 Å². The average Bonchev–Trinajstić information content (AvgIpc) is 1.77. The van der Waals surface area contributed by atoms with Gasteiger partial charge in [0.05, 0.1) is 0 Å². The molecule has 0 heterocycles. The molecule has 44 valence electrons. The van der Waals surface area contributed by atoms with Crippen LogP contribution in [0.4, 0.5) is 0 Å². The fourth-order valence-electron chi connectivity index (χ4n) is 0.829. The molecule has 0 radical (unpaired) electrons. The number of allylic oxidation sites excluding steroid dienone is 4. The van der Waals surface area contributed by atoms with E-state index in [2.05, 4.69) is 38.2 Å². The van der Waals surface area contributed by atoms with Crippen LogP contribution in [-0.4, -0.2) is 0 Å². The molecule has 0 bridgehead atoms. The highest BCUT2D eigenvalue weighted by Gasteiger charge is 2.05. The highest BCUT2D eigenvalue weighted by atomic mass is 14.1. The minimum atomic E-state index is 0.736. The van der Waals surface area contributed by atoms with Crippen molar-refractivity contribution in [2.45, 2.75) is 13.8 Å². The second-order valence-corrected chi connectivity index (χ2v) is 2.49. The van der Waals surface area contributed by atoms with Gasteiger partial charge in [0.15, 0.2) is 0 Å². The van der Waals surface area contributed by atoms with Crippen molar-refractivity contribution in [1.82, 2.24) is 0 Å². The molecule has 0 aliphatic heterocycles. The second-order valence-electron chi connectivity index (χ2n) is 2.49. The fourth-order valence-corrected chi connectivity index (χ4v) is 0.829. The molecule has 1 rings (SSSR count). The molecule has 0 heteroatoms. The predicted molar refractivity (Wildman–Crippen MR) is 36.6 cm³/mol. The lowest BCUT2D eigenvalue weighted by Crippen LogP contribution is -2.03. The lowest BCUT2D eigenvalue weighted by Gasteiger charge is -2.13. The summed E-state index contributed by atoms with van der Waals surface area (Å²) in [5.41, 5.74) is 0. The summed E-state index contributed by atoms with van der Waals surface area (Å²) in [6, 6.07) is 0. The Morgan fingerprint density at radius 1 is 0.875 bits per heavy atom. The lowest BCUT2D eigenvalue weighted by molar-refractivity contribution is 0.552. The monoisotopic (exact) mass is 108 g/mol. The molecular weight excluding hydrogens is 96.1 g/mol. The van der Waals surface area contributed by atoms with Crippen molar-refractivity contribution in [1.29, 1.82) is 0 Å². The summed E-state index contributed by atoms with van der Waals surface area (Å²) >= 11 is 0. The fraction of sp³-hybridized carbons (Fsp3) is 0.500. The molecule has 0 spiro atoms. The molecule has 0 fully saturated rings. The summed E-state index contributed by atoms with van der Waals surface area (Å²) in [7, 11) is 0. The first kappa shape index (κ1) is 5.61. The molecular formula is C8H12. The van der Waals surface area contributed by atoms with Crippen LogP contribution in [0.25, 0.3) is 0 Å². The Morgan fingerprint density at radius 3 is 1.50 bits per heavy atom. The topological polar surface area (TPSA) is 0 Å². The van der Waals surface area contributed by atoms with Crippen molar-refractivity contribution in [3.8, 4) is 0 Å². The summed E-state index contributed by atoms with van der Waals surface area (Å²) in [5, 5.41) is 0. The van der Waals surface area contributed by atoms with Crippen molar-refractivity contribution in [2.24, 2.45) is 11.8 Å². The largest absolute Gasteiger partial charge is 0.0811 e. The van der Waals surface area contributed by atoms with Crippen LogP contribution in [0, 0.1) is 11.8 Å². The Bertz CT molecular complexity index is 104. The van der Waals surface area contributed by atoms with Gasteiger partial charge in [0.25, 0.3) is 0 Å². The first-order valence-electron chi connectivity index (χ1n) is 3.15. The number of hydrogen-bond acceptors (Lipinski definition) is 0. The normalized spacial score (nSPS) is 35.8. The van der Waals surface area contributed by atoms with E-state index in [0.717, 1.165) is 11.8 Å². The van der Waals surface area contributed by atoms with E-state index in [0.29, 0.717) is 0 Å². The maximum atomic E-state index is 2.24. The lowest BCUT2D eigenvalue weighted by atomic mass is 9.92. The van der Waals surface area contributed by atoms with Crippen molar-refractivity contribution >= 4 is 0 Å². The third kappa shape index (κ3) is 1.00. The molecule has 1 unspecified atom stereocenters. The van der Waals surface area contributed by atoms with Crippen LogP contribution in [0.15, 0.2) is 24.3 Å². The molecule has 1 aliphatic rings. The van der Waals surface area contributed by atoms with Crippen LogP contribution in [-0.2, 0) is 0 Å². The summed E-state index contributed by atoms with van der Waals surface area (Å²) in [5.74, 6) is 1.47. The Balaban J connectivity index is 2.59. The third-order valence-electron chi connectivity index (χ3n) is 1.77. The molecule has 0 saturated heterocycles. The summed E-state index contributed by atoms with van der Waals surface area (Å²) in [6.45, 7) is 4.48. The standard InChI is InChI=1S/C8H12/c1-7-5-3-4-6-8(7)2/h3-8H,1-2H3/t7-,8?/m1/s1. The maximum absolute atomic E-state index is 2.24. The zero-order valence-electron chi connectivity index (χ0n) is 5.46. The molecule has 0 N–H and O–H groups in total. The summed E-state index contributed by atoms with van der Waals surface area (Å²) < 4.78 is 0. The van der Waals surface area contributed by atoms with Gasteiger partial charge in [-0.2, -0.15) is 0 Å². The summed E-state index contributed by atoms with van der Waals surface area (Å²) in [4.78, 5) is 0. The van der Waals surface area contributed by atoms with E-state index >= 15 is 0 Å². The number of rotatable bonds is 0. The van der Waals surface area contributed by atoms with Gasteiger partial charge in [-0.1, -0.05) is 38.2 Å². The zero-order chi connectivity index (χ0) is 5.98. The second kappa shape index (κ2) is 2.17. The Kier molecular flexibility index (Phi) is 1.52. The SMILES string of the molecule is CC1C=CC=C[C@H]1C. The van der Waals surface area contributed by atoms with Gasteiger partial charge in [-0.25, -0.2) is 0 Å². The van der Waals surface area contributed by atoms with Crippen LogP contribution < -0.4 is 0 Å². The molecule has 1 aliphatic carbocycles. The van der Waals surface area contributed by atoms with Gasteiger partial charge in [-0.15, -0.1) is 0 Å². The van der Waals surface area contributed by atoms with E-state index in [1.807, 2.05) is 0 Å². The zero-order valence-corrected chi connectivity index (χ0v) is 5.46.